The second-order valence-electron chi connectivity index (χ2n) is 6.75. The quantitative estimate of drug-likeness (QED) is 0.250. The Bertz CT molecular complexity index is 939. The van der Waals surface area contributed by atoms with Crippen LogP contribution in [0.3, 0.4) is 0 Å². The average molecular weight is 410 g/mol. The number of unbranched alkanes of at least 4 members (excludes halogenated alkanes) is 3. The van der Waals surface area contributed by atoms with Crippen molar-refractivity contribution in [3.8, 4) is 0 Å². The summed E-state index contributed by atoms with van der Waals surface area (Å²) in [5.74, 6) is -0.632. The Morgan fingerprint density at radius 2 is 1.62 bits per heavy atom. The highest BCUT2D eigenvalue weighted by Crippen LogP contribution is 2.40. The summed E-state index contributed by atoms with van der Waals surface area (Å²) in [6, 6.07) is 15.2. The molecule has 0 aliphatic carbocycles. The highest BCUT2D eigenvalue weighted by Gasteiger charge is 2.39. The predicted molar refractivity (Wildman–Crippen MR) is 113 cm³/mol. The third-order valence-electron chi connectivity index (χ3n) is 4.69. The maximum atomic E-state index is 13.1. The van der Waals surface area contributed by atoms with Crippen LogP contribution in [0.15, 0.2) is 64.4 Å². The molecular weight excluding hydrogens is 388 g/mol. The van der Waals surface area contributed by atoms with Crippen LogP contribution in [0.5, 0.6) is 0 Å². The van der Waals surface area contributed by atoms with Gasteiger partial charge in [0, 0.05) is 23.6 Å². The van der Waals surface area contributed by atoms with Crippen LogP contribution in [0.1, 0.15) is 38.2 Å². The Kier molecular flexibility index (Phi) is 6.82. The Balaban J connectivity index is 1.94. The summed E-state index contributed by atoms with van der Waals surface area (Å²) < 4.78 is 0. The monoisotopic (exact) mass is 410 g/mol. The second kappa shape index (κ2) is 9.52. The smallest absolute Gasteiger partial charge is 0.269 e. The third-order valence-corrected chi connectivity index (χ3v) is 5.78. The number of nitrogens with zero attached hydrogens (tertiary/aromatic N) is 2. The van der Waals surface area contributed by atoms with E-state index >= 15 is 0 Å². The van der Waals surface area contributed by atoms with E-state index < -0.39 is 4.92 Å². The summed E-state index contributed by atoms with van der Waals surface area (Å²) in [5, 5.41) is 10.9. The van der Waals surface area contributed by atoms with E-state index in [4.69, 9.17) is 0 Å². The van der Waals surface area contributed by atoms with E-state index in [9.17, 15) is 19.7 Å². The van der Waals surface area contributed by atoms with Crippen LogP contribution in [0.25, 0.3) is 5.57 Å². The number of hydrogen-bond donors (Lipinski definition) is 0. The fourth-order valence-corrected chi connectivity index (χ4v) is 4.19. The Labute approximate surface area is 173 Å². The first-order chi connectivity index (χ1) is 14.0. The van der Waals surface area contributed by atoms with Crippen molar-refractivity contribution in [1.29, 1.82) is 0 Å². The normalized spacial score (nSPS) is 14.0. The zero-order valence-corrected chi connectivity index (χ0v) is 17.0. The van der Waals surface area contributed by atoms with Crippen molar-refractivity contribution in [2.75, 3.05) is 6.54 Å². The number of hydrogen-bond acceptors (Lipinski definition) is 5. The molecule has 3 rings (SSSR count). The van der Waals surface area contributed by atoms with Gasteiger partial charge < -0.3 is 0 Å². The van der Waals surface area contributed by atoms with E-state index in [-0.39, 0.29) is 17.5 Å². The Morgan fingerprint density at radius 3 is 2.24 bits per heavy atom. The molecule has 0 radical (unpaired) electrons. The van der Waals surface area contributed by atoms with Gasteiger partial charge in [-0.15, -0.1) is 0 Å². The summed E-state index contributed by atoms with van der Waals surface area (Å²) in [7, 11) is 0. The van der Waals surface area contributed by atoms with Gasteiger partial charge >= 0.3 is 0 Å². The zero-order valence-electron chi connectivity index (χ0n) is 16.2. The van der Waals surface area contributed by atoms with Crippen molar-refractivity contribution in [2.45, 2.75) is 37.5 Å². The van der Waals surface area contributed by atoms with Crippen LogP contribution in [0.4, 0.5) is 5.69 Å². The fraction of sp³-hybridized carbons (Fsp3) is 0.273. The van der Waals surface area contributed by atoms with Crippen LogP contribution in [0.2, 0.25) is 0 Å². The summed E-state index contributed by atoms with van der Waals surface area (Å²) in [4.78, 5) is 39.1. The van der Waals surface area contributed by atoms with E-state index in [1.807, 2.05) is 30.3 Å². The number of benzene rings is 2. The number of rotatable bonds is 9. The van der Waals surface area contributed by atoms with E-state index in [1.54, 1.807) is 0 Å². The summed E-state index contributed by atoms with van der Waals surface area (Å²) in [6.45, 7) is 2.49. The predicted octanol–water partition coefficient (Wildman–Crippen LogP) is 5.05. The summed E-state index contributed by atoms with van der Waals surface area (Å²) in [6.07, 6.45) is 3.86. The van der Waals surface area contributed by atoms with Gasteiger partial charge in [0.1, 0.15) is 0 Å². The first-order valence-electron chi connectivity index (χ1n) is 9.61. The van der Waals surface area contributed by atoms with E-state index in [0.29, 0.717) is 22.6 Å². The lowest BCUT2D eigenvalue weighted by Gasteiger charge is -2.14. The molecule has 0 spiro atoms. The zero-order chi connectivity index (χ0) is 20.8. The van der Waals surface area contributed by atoms with Gasteiger partial charge in [0.15, 0.2) is 0 Å². The molecule has 0 N–H and O–H groups in total. The number of nitro benzene ring substituents is 1. The molecule has 6 nitrogen and oxygen atoms in total. The van der Waals surface area contributed by atoms with Crippen molar-refractivity contribution in [2.24, 2.45) is 0 Å². The third kappa shape index (κ3) is 4.74. The van der Waals surface area contributed by atoms with Gasteiger partial charge in [-0.05, 0) is 36.2 Å². The van der Waals surface area contributed by atoms with Crippen LogP contribution in [0, 0.1) is 10.1 Å². The molecule has 1 aliphatic rings. The molecule has 0 saturated carbocycles. The van der Waals surface area contributed by atoms with Gasteiger partial charge in [0.05, 0.1) is 15.4 Å². The number of thioether (sulfide) groups is 1. The molecule has 0 bridgehead atoms. The molecule has 29 heavy (non-hydrogen) atoms. The fourth-order valence-electron chi connectivity index (χ4n) is 3.16. The highest BCUT2D eigenvalue weighted by molar-refractivity contribution is 8.04. The molecule has 0 unspecified atom stereocenters. The molecule has 1 heterocycles. The number of nitro groups is 1. The standard InChI is InChI=1S/C22H22N2O4S/c1-2-3-4-8-15-23-21(25)19(16-11-13-17(14-12-16)24(27)28)20(22(23)26)29-18-9-6-5-7-10-18/h5-7,9-14H,2-4,8,15H2,1H3. The average Bonchev–Trinajstić information content (AvgIpc) is 2.96. The maximum Gasteiger partial charge on any atom is 0.269 e. The van der Waals surface area contributed by atoms with Crippen LogP contribution in [-0.4, -0.2) is 28.2 Å². The van der Waals surface area contributed by atoms with E-state index in [2.05, 4.69) is 6.92 Å². The largest absolute Gasteiger partial charge is 0.274 e. The van der Waals surface area contributed by atoms with Gasteiger partial charge in [-0.25, -0.2) is 0 Å². The first-order valence-corrected chi connectivity index (χ1v) is 10.4. The first kappa shape index (κ1) is 20.8. The van der Waals surface area contributed by atoms with Crippen molar-refractivity contribution < 1.29 is 14.5 Å². The molecule has 0 atom stereocenters. The van der Waals surface area contributed by atoms with Crippen LogP contribution in [-0.2, 0) is 9.59 Å². The lowest BCUT2D eigenvalue weighted by molar-refractivity contribution is -0.384. The minimum Gasteiger partial charge on any atom is -0.274 e. The number of carbonyl (C=O) groups excluding carboxylic acids is 2. The van der Waals surface area contributed by atoms with Gasteiger partial charge in [-0.1, -0.05) is 56.1 Å². The summed E-state index contributed by atoms with van der Waals surface area (Å²) in [5.41, 5.74) is 0.775. The minimum atomic E-state index is -0.487. The molecule has 0 saturated heterocycles. The molecule has 0 aromatic heterocycles. The number of carbonyl (C=O) groups is 2. The van der Waals surface area contributed by atoms with Gasteiger partial charge in [-0.2, -0.15) is 0 Å². The lowest BCUT2D eigenvalue weighted by Crippen LogP contribution is -2.32. The summed E-state index contributed by atoms with van der Waals surface area (Å²) >= 11 is 1.26. The molecule has 7 heteroatoms. The molecule has 2 aromatic carbocycles. The molecule has 2 aromatic rings. The molecule has 150 valence electrons. The van der Waals surface area contributed by atoms with Crippen molar-refractivity contribution in [1.82, 2.24) is 4.90 Å². The number of amides is 2. The Morgan fingerprint density at radius 1 is 0.931 bits per heavy atom. The van der Waals surface area contributed by atoms with Crippen molar-refractivity contribution in [3.63, 3.8) is 0 Å². The topological polar surface area (TPSA) is 80.5 Å². The molecule has 1 aliphatic heterocycles. The maximum absolute atomic E-state index is 13.1. The molecule has 0 fully saturated rings. The van der Waals surface area contributed by atoms with Gasteiger partial charge in [0.2, 0.25) is 0 Å². The Hall–Kier alpha value is -2.93. The van der Waals surface area contributed by atoms with Crippen LogP contribution >= 0.6 is 11.8 Å². The van der Waals surface area contributed by atoms with Crippen molar-refractivity contribution in [3.05, 3.63) is 75.2 Å². The number of non-ortho nitro benzene ring substituents is 1. The lowest BCUT2D eigenvalue weighted by atomic mass is 10.1. The molecular formula is C22H22N2O4S. The highest BCUT2D eigenvalue weighted by atomic mass is 32.2. The van der Waals surface area contributed by atoms with E-state index in [1.165, 1.54) is 40.9 Å². The second-order valence-corrected chi connectivity index (χ2v) is 7.83. The molecule has 2 amide bonds. The van der Waals surface area contributed by atoms with E-state index in [0.717, 1.165) is 30.6 Å². The van der Waals surface area contributed by atoms with Gasteiger partial charge in [-0.3, -0.25) is 24.6 Å². The van der Waals surface area contributed by atoms with Gasteiger partial charge in [0.25, 0.3) is 17.5 Å². The van der Waals surface area contributed by atoms with Crippen molar-refractivity contribution >= 4 is 34.8 Å². The minimum absolute atomic E-state index is 0.0557. The van der Waals surface area contributed by atoms with Crippen LogP contribution < -0.4 is 0 Å². The SMILES string of the molecule is CCCCCCN1C(=O)C(Sc2ccccc2)=C(c2ccc([N+](=O)[O-])cc2)C1=O. The number of imide groups is 1.